The van der Waals surface area contributed by atoms with Crippen LogP contribution in [0.2, 0.25) is 0 Å². The van der Waals surface area contributed by atoms with E-state index in [0.717, 1.165) is 12.8 Å². The molecule has 0 aromatic heterocycles. The number of nitriles is 1. The lowest BCUT2D eigenvalue weighted by atomic mass is 9.91. The summed E-state index contributed by atoms with van der Waals surface area (Å²) in [4.78, 5) is 11.9. The zero-order valence-corrected chi connectivity index (χ0v) is 11.2. The van der Waals surface area contributed by atoms with Crippen molar-refractivity contribution in [2.75, 3.05) is 6.61 Å². The Morgan fingerprint density at radius 2 is 2.06 bits per heavy atom. The van der Waals surface area contributed by atoms with Gasteiger partial charge in [0.25, 0.3) is 0 Å². The number of carbonyl (C=O) groups is 1. The Kier molecular flexibility index (Phi) is 8.35. The Hall–Kier alpha value is -1.14. The molecule has 0 saturated heterocycles. The number of hydrogen-bond donors (Lipinski definition) is 0. The first-order valence-electron chi connectivity index (χ1n) is 6.33. The molecule has 0 amide bonds. The van der Waals surface area contributed by atoms with E-state index >= 15 is 0 Å². The molecule has 0 aliphatic heterocycles. The zero-order valence-electron chi connectivity index (χ0n) is 11.2. The van der Waals surface area contributed by atoms with Gasteiger partial charge in [0.15, 0.2) is 5.78 Å². The van der Waals surface area contributed by atoms with Crippen LogP contribution in [0.25, 0.3) is 0 Å². The smallest absolute Gasteiger partial charge is 0.175 e. The van der Waals surface area contributed by atoms with Crippen molar-refractivity contribution in [3.8, 4) is 6.07 Å². The molecule has 0 rings (SSSR count). The zero-order chi connectivity index (χ0) is 13.3. The van der Waals surface area contributed by atoms with E-state index in [9.17, 15) is 4.79 Å². The number of carbonyl (C=O) groups excluding carboxylic acids is 1. The van der Waals surface area contributed by atoms with Gasteiger partial charge >= 0.3 is 0 Å². The normalized spacial score (nSPS) is 13.8. The Labute approximate surface area is 104 Å². The summed E-state index contributed by atoms with van der Waals surface area (Å²) < 4.78 is 5.55. The summed E-state index contributed by atoms with van der Waals surface area (Å²) in [6, 6.07) is 2.07. The minimum atomic E-state index is -0.606. The largest absolute Gasteiger partial charge is 0.378 e. The first-order chi connectivity index (χ1) is 8.10. The summed E-state index contributed by atoms with van der Waals surface area (Å²) in [6.45, 7) is 10.2. The number of ketones is 1. The number of ether oxygens (including phenoxy) is 1. The molecular weight excluding hydrogens is 214 g/mol. The lowest BCUT2D eigenvalue weighted by Gasteiger charge is -2.18. The lowest BCUT2D eigenvalue weighted by Crippen LogP contribution is -2.23. The van der Waals surface area contributed by atoms with Crippen LogP contribution in [0.5, 0.6) is 0 Å². The number of Topliss-reactive ketones (excluding diaryl/α,β-unsaturated/α-hetero) is 1. The molecule has 0 aliphatic rings. The minimum absolute atomic E-state index is 0.00301. The van der Waals surface area contributed by atoms with Crippen molar-refractivity contribution in [1.82, 2.24) is 0 Å². The molecular formula is C14H23NO2. The summed E-state index contributed by atoms with van der Waals surface area (Å²) in [5, 5.41) is 9.06. The molecule has 17 heavy (non-hydrogen) atoms. The number of rotatable bonds is 9. The summed E-state index contributed by atoms with van der Waals surface area (Å²) in [7, 11) is 0. The molecule has 0 radical (unpaired) electrons. The van der Waals surface area contributed by atoms with Crippen LogP contribution in [0.1, 0.15) is 46.5 Å². The fraction of sp³-hybridized carbons (Fsp3) is 0.714. The van der Waals surface area contributed by atoms with Gasteiger partial charge in [0.05, 0.1) is 12.2 Å². The fourth-order valence-electron chi connectivity index (χ4n) is 1.73. The fourth-order valence-corrected chi connectivity index (χ4v) is 1.73. The van der Waals surface area contributed by atoms with Crippen molar-refractivity contribution in [2.45, 2.75) is 52.6 Å². The SMILES string of the molecule is C=C(CC)C(=O)C(C#N)CC(CCC)OCC. The molecule has 0 aliphatic carbocycles. The second-order valence-corrected chi connectivity index (χ2v) is 4.10. The Bertz CT molecular complexity index is 285. The molecule has 0 aromatic rings. The van der Waals surface area contributed by atoms with Gasteiger partial charge in [0.2, 0.25) is 0 Å². The van der Waals surface area contributed by atoms with Crippen molar-refractivity contribution in [1.29, 1.82) is 5.26 Å². The summed E-state index contributed by atoms with van der Waals surface area (Å²) in [6.07, 6.45) is 2.97. The van der Waals surface area contributed by atoms with E-state index in [1.165, 1.54) is 0 Å². The number of nitrogens with zero attached hydrogens (tertiary/aromatic N) is 1. The van der Waals surface area contributed by atoms with Gasteiger partial charge in [-0.3, -0.25) is 4.79 Å². The quantitative estimate of drug-likeness (QED) is 0.578. The molecule has 0 aromatic carbocycles. The van der Waals surface area contributed by atoms with Crippen LogP contribution in [0.4, 0.5) is 0 Å². The van der Waals surface area contributed by atoms with Crippen LogP contribution in [0, 0.1) is 17.2 Å². The van der Waals surface area contributed by atoms with Gasteiger partial charge in [-0.25, -0.2) is 0 Å². The van der Waals surface area contributed by atoms with Gasteiger partial charge in [-0.2, -0.15) is 5.26 Å². The van der Waals surface area contributed by atoms with Gasteiger partial charge in [-0.1, -0.05) is 26.8 Å². The maximum atomic E-state index is 11.9. The number of allylic oxidation sites excluding steroid dienone is 1. The Balaban J connectivity index is 4.51. The lowest BCUT2D eigenvalue weighted by molar-refractivity contribution is -0.118. The van der Waals surface area contributed by atoms with Gasteiger partial charge in [0, 0.05) is 6.61 Å². The molecule has 0 heterocycles. The first-order valence-corrected chi connectivity index (χ1v) is 6.33. The van der Waals surface area contributed by atoms with E-state index in [1.807, 2.05) is 13.8 Å². The van der Waals surface area contributed by atoms with Gasteiger partial charge < -0.3 is 4.74 Å². The third-order valence-electron chi connectivity index (χ3n) is 2.76. The van der Waals surface area contributed by atoms with Crippen LogP contribution < -0.4 is 0 Å². The van der Waals surface area contributed by atoms with E-state index in [4.69, 9.17) is 10.00 Å². The molecule has 0 spiro atoms. The Morgan fingerprint density at radius 1 is 1.41 bits per heavy atom. The Morgan fingerprint density at radius 3 is 2.47 bits per heavy atom. The van der Waals surface area contributed by atoms with Crippen molar-refractivity contribution >= 4 is 5.78 Å². The maximum absolute atomic E-state index is 11.9. The van der Waals surface area contributed by atoms with Crippen molar-refractivity contribution in [3.63, 3.8) is 0 Å². The van der Waals surface area contributed by atoms with Crippen LogP contribution in [0.15, 0.2) is 12.2 Å². The van der Waals surface area contributed by atoms with Crippen molar-refractivity contribution in [3.05, 3.63) is 12.2 Å². The molecule has 3 heteroatoms. The average Bonchev–Trinajstić information content (AvgIpc) is 2.34. The molecule has 3 nitrogen and oxygen atoms in total. The van der Waals surface area contributed by atoms with Crippen molar-refractivity contribution < 1.29 is 9.53 Å². The van der Waals surface area contributed by atoms with E-state index in [-0.39, 0.29) is 11.9 Å². The topological polar surface area (TPSA) is 50.1 Å². The first kappa shape index (κ1) is 15.9. The van der Waals surface area contributed by atoms with Crippen LogP contribution in [0.3, 0.4) is 0 Å². The van der Waals surface area contributed by atoms with Gasteiger partial charge in [-0.15, -0.1) is 0 Å². The van der Waals surface area contributed by atoms with E-state index in [1.54, 1.807) is 0 Å². The van der Waals surface area contributed by atoms with Crippen LogP contribution in [-0.4, -0.2) is 18.5 Å². The highest BCUT2D eigenvalue weighted by Gasteiger charge is 2.23. The summed E-state index contributed by atoms with van der Waals surface area (Å²) in [5.74, 6) is -0.735. The average molecular weight is 237 g/mol. The van der Waals surface area contributed by atoms with E-state index in [0.29, 0.717) is 25.0 Å². The van der Waals surface area contributed by atoms with E-state index < -0.39 is 5.92 Å². The summed E-state index contributed by atoms with van der Waals surface area (Å²) in [5.41, 5.74) is 0.531. The van der Waals surface area contributed by atoms with Crippen LogP contribution >= 0.6 is 0 Å². The van der Waals surface area contributed by atoms with Gasteiger partial charge in [-0.05, 0) is 31.8 Å². The molecule has 0 saturated carbocycles. The third-order valence-corrected chi connectivity index (χ3v) is 2.76. The predicted octanol–water partition coefficient (Wildman–Crippen LogP) is 3.26. The monoisotopic (exact) mass is 237 g/mol. The summed E-state index contributed by atoms with van der Waals surface area (Å²) >= 11 is 0. The predicted molar refractivity (Wildman–Crippen MR) is 68.5 cm³/mol. The molecule has 96 valence electrons. The second-order valence-electron chi connectivity index (χ2n) is 4.10. The second kappa shape index (κ2) is 8.95. The molecule has 2 atom stereocenters. The van der Waals surface area contributed by atoms with E-state index in [2.05, 4.69) is 19.6 Å². The standard InChI is InChI=1S/C14H23NO2/c1-5-8-13(17-7-3)9-12(10-15)14(16)11(4)6-2/h12-13H,4-9H2,1-3H3. The highest BCUT2D eigenvalue weighted by molar-refractivity contribution is 5.98. The molecule has 0 N–H and O–H groups in total. The maximum Gasteiger partial charge on any atom is 0.175 e. The van der Waals surface area contributed by atoms with Crippen molar-refractivity contribution in [2.24, 2.45) is 5.92 Å². The third kappa shape index (κ3) is 5.65. The highest BCUT2D eigenvalue weighted by Crippen LogP contribution is 2.18. The molecule has 0 bridgehead atoms. The van der Waals surface area contributed by atoms with Crippen LogP contribution in [-0.2, 0) is 9.53 Å². The number of hydrogen-bond acceptors (Lipinski definition) is 3. The van der Waals surface area contributed by atoms with Gasteiger partial charge in [0.1, 0.15) is 5.92 Å². The molecule has 0 fully saturated rings. The highest BCUT2D eigenvalue weighted by atomic mass is 16.5. The minimum Gasteiger partial charge on any atom is -0.378 e. The molecule has 2 unspecified atom stereocenters.